The van der Waals surface area contributed by atoms with Crippen molar-refractivity contribution < 1.29 is 28.9 Å². The molecule has 2 saturated heterocycles. The van der Waals surface area contributed by atoms with E-state index in [-0.39, 0.29) is 11.7 Å². The Labute approximate surface area is 153 Å². The van der Waals surface area contributed by atoms with Crippen LogP contribution in [0, 0.1) is 5.92 Å². The van der Waals surface area contributed by atoms with Crippen molar-refractivity contribution in [3.63, 3.8) is 0 Å². The van der Waals surface area contributed by atoms with E-state index in [0.29, 0.717) is 24.0 Å². The Morgan fingerprint density at radius 2 is 2.19 bits per heavy atom. The second-order valence-electron chi connectivity index (χ2n) is 7.62. The normalized spacial score (nSPS) is 42.1. The van der Waals surface area contributed by atoms with Crippen LogP contribution >= 0.6 is 0 Å². The summed E-state index contributed by atoms with van der Waals surface area (Å²) in [7, 11) is 0. The van der Waals surface area contributed by atoms with Crippen LogP contribution in [0.2, 0.25) is 0 Å². The van der Waals surface area contributed by atoms with Gasteiger partial charge in [0.15, 0.2) is 0 Å². The first kappa shape index (κ1) is 18.9. The maximum absolute atomic E-state index is 12.4. The minimum atomic E-state index is -0.667. The molecule has 3 aliphatic rings. The standard InChI is InChI=1S/C20H26O6/c1-6-10(2)18(22)25-15-9-20(5)16(26-20)8-13(21)11(3)7-14-17(15)12(4)19(23)24-14/h6-7,13-17,21H,4,8-9H2,1-3,5H3/b10-6+,11-7-/t13-,14-,15+,16+,17-,20+/m0/s1. The Balaban J connectivity index is 1.98. The third-order valence-corrected chi connectivity index (χ3v) is 5.71. The molecule has 0 aromatic carbocycles. The molecule has 142 valence electrons. The zero-order valence-corrected chi connectivity index (χ0v) is 15.7. The van der Waals surface area contributed by atoms with Gasteiger partial charge in [-0.25, -0.2) is 9.59 Å². The molecule has 3 rings (SSSR count). The van der Waals surface area contributed by atoms with Crippen LogP contribution in [0.1, 0.15) is 40.5 Å². The molecule has 0 saturated carbocycles. The molecule has 0 aromatic rings. The molecule has 0 spiro atoms. The van der Waals surface area contributed by atoms with Crippen LogP contribution in [0.15, 0.2) is 35.5 Å². The van der Waals surface area contributed by atoms with Gasteiger partial charge in [-0.1, -0.05) is 12.7 Å². The van der Waals surface area contributed by atoms with Crippen molar-refractivity contribution >= 4 is 11.9 Å². The molecule has 0 bridgehead atoms. The number of epoxide rings is 1. The summed E-state index contributed by atoms with van der Waals surface area (Å²) in [5.74, 6) is -1.43. The number of fused-ring (bicyclic) bond motifs is 2. The zero-order valence-electron chi connectivity index (χ0n) is 15.7. The van der Waals surface area contributed by atoms with E-state index >= 15 is 0 Å². The van der Waals surface area contributed by atoms with E-state index in [1.165, 1.54) is 0 Å². The van der Waals surface area contributed by atoms with Crippen molar-refractivity contribution in [2.75, 3.05) is 0 Å². The van der Waals surface area contributed by atoms with Gasteiger partial charge < -0.3 is 19.3 Å². The quantitative estimate of drug-likeness (QED) is 0.351. The zero-order chi connectivity index (χ0) is 19.2. The molecule has 0 aromatic heterocycles. The molecule has 1 aliphatic carbocycles. The maximum Gasteiger partial charge on any atom is 0.334 e. The lowest BCUT2D eigenvalue weighted by atomic mass is 9.82. The summed E-state index contributed by atoms with van der Waals surface area (Å²) in [6.45, 7) is 11.0. The number of carbonyl (C=O) groups is 2. The highest BCUT2D eigenvalue weighted by atomic mass is 16.6. The molecule has 0 unspecified atom stereocenters. The molecular formula is C20H26O6. The Morgan fingerprint density at radius 3 is 2.85 bits per heavy atom. The van der Waals surface area contributed by atoms with E-state index in [1.807, 2.05) is 6.92 Å². The Morgan fingerprint density at radius 1 is 1.50 bits per heavy atom. The first-order valence-electron chi connectivity index (χ1n) is 8.94. The van der Waals surface area contributed by atoms with Crippen molar-refractivity contribution in [3.05, 3.63) is 35.5 Å². The highest BCUT2D eigenvalue weighted by molar-refractivity contribution is 5.92. The minimum Gasteiger partial charge on any atom is -0.458 e. The Bertz CT molecular complexity index is 705. The molecule has 2 heterocycles. The highest BCUT2D eigenvalue weighted by Gasteiger charge is 2.57. The van der Waals surface area contributed by atoms with Crippen LogP contribution < -0.4 is 0 Å². The third-order valence-electron chi connectivity index (χ3n) is 5.71. The van der Waals surface area contributed by atoms with Gasteiger partial charge in [-0.15, -0.1) is 0 Å². The molecule has 1 N–H and O–H groups in total. The molecule has 6 nitrogen and oxygen atoms in total. The topological polar surface area (TPSA) is 85.4 Å². The lowest BCUT2D eigenvalue weighted by Gasteiger charge is -2.29. The van der Waals surface area contributed by atoms with Crippen molar-refractivity contribution in [3.8, 4) is 0 Å². The first-order chi connectivity index (χ1) is 12.2. The average molecular weight is 362 g/mol. The molecule has 26 heavy (non-hydrogen) atoms. The van der Waals surface area contributed by atoms with Gasteiger partial charge >= 0.3 is 11.9 Å². The first-order valence-corrected chi connectivity index (χ1v) is 8.94. The van der Waals surface area contributed by atoms with Crippen molar-refractivity contribution in [1.82, 2.24) is 0 Å². The van der Waals surface area contributed by atoms with Crippen LogP contribution in [-0.2, 0) is 23.8 Å². The number of allylic oxidation sites excluding steroid dienone is 1. The molecule has 2 fully saturated rings. The fourth-order valence-electron chi connectivity index (χ4n) is 3.70. The highest BCUT2D eigenvalue weighted by Crippen LogP contribution is 2.47. The fraction of sp³-hybridized carbons (Fsp3) is 0.600. The second kappa shape index (κ2) is 6.67. The van der Waals surface area contributed by atoms with Gasteiger partial charge in [-0.05, 0) is 39.3 Å². The van der Waals surface area contributed by atoms with Crippen molar-refractivity contribution in [2.24, 2.45) is 5.92 Å². The lowest BCUT2D eigenvalue weighted by molar-refractivity contribution is -0.148. The molecule has 6 heteroatoms. The van der Waals surface area contributed by atoms with Gasteiger partial charge in [0.2, 0.25) is 0 Å². The van der Waals surface area contributed by atoms with E-state index in [1.54, 1.807) is 32.9 Å². The molecular weight excluding hydrogens is 336 g/mol. The summed E-state index contributed by atoms with van der Waals surface area (Å²) in [4.78, 5) is 24.5. The van der Waals surface area contributed by atoms with Gasteiger partial charge in [0.25, 0.3) is 0 Å². The summed E-state index contributed by atoms with van der Waals surface area (Å²) in [5, 5.41) is 10.4. The predicted molar refractivity (Wildman–Crippen MR) is 94.1 cm³/mol. The lowest BCUT2D eigenvalue weighted by Crippen LogP contribution is -2.37. The van der Waals surface area contributed by atoms with Crippen LogP contribution in [0.3, 0.4) is 0 Å². The largest absolute Gasteiger partial charge is 0.458 e. The molecule has 0 radical (unpaired) electrons. The Hall–Kier alpha value is -1.92. The van der Waals surface area contributed by atoms with Crippen molar-refractivity contribution in [1.29, 1.82) is 0 Å². The van der Waals surface area contributed by atoms with Crippen LogP contribution in [0.5, 0.6) is 0 Å². The molecule has 6 atom stereocenters. The number of esters is 2. The Kier molecular flexibility index (Phi) is 4.84. The smallest absolute Gasteiger partial charge is 0.334 e. The van der Waals surface area contributed by atoms with Gasteiger partial charge in [-0.2, -0.15) is 0 Å². The average Bonchev–Trinajstić information content (AvgIpc) is 3.11. The van der Waals surface area contributed by atoms with E-state index < -0.39 is 41.8 Å². The SMILES string of the molecule is C=C1C(=O)O[C@H]2/C=C(/C)[C@@H](O)C[C@H]3O[C@]3(C)C[C@@H](OC(=O)/C(C)=C/C)[C@@H]12. The second-order valence-corrected chi connectivity index (χ2v) is 7.62. The number of carbonyl (C=O) groups excluding carboxylic acids is 2. The third kappa shape index (κ3) is 3.35. The summed E-state index contributed by atoms with van der Waals surface area (Å²) >= 11 is 0. The summed E-state index contributed by atoms with van der Waals surface area (Å²) in [5.41, 5.74) is 0.974. The number of ether oxygens (including phenoxy) is 3. The fourth-order valence-corrected chi connectivity index (χ4v) is 3.70. The van der Waals surface area contributed by atoms with Gasteiger partial charge in [0.1, 0.15) is 12.2 Å². The predicted octanol–water partition coefficient (Wildman–Crippen LogP) is 2.22. The summed E-state index contributed by atoms with van der Waals surface area (Å²) in [6.07, 6.45) is 2.29. The molecule has 0 amide bonds. The van der Waals surface area contributed by atoms with Crippen molar-refractivity contribution in [2.45, 2.75) is 70.6 Å². The number of rotatable bonds is 2. The van der Waals surface area contributed by atoms with Gasteiger partial charge in [0.05, 0.1) is 23.7 Å². The van der Waals surface area contributed by atoms with Gasteiger partial charge in [0, 0.05) is 24.0 Å². The summed E-state index contributed by atoms with van der Waals surface area (Å²) < 4.78 is 17.0. The number of hydrogen-bond donors (Lipinski definition) is 1. The minimum absolute atomic E-state index is 0.118. The maximum atomic E-state index is 12.4. The summed E-state index contributed by atoms with van der Waals surface area (Å²) in [6, 6.07) is 0. The molecule has 2 aliphatic heterocycles. The van der Waals surface area contributed by atoms with Crippen LogP contribution in [0.4, 0.5) is 0 Å². The van der Waals surface area contributed by atoms with Gasteiger partial charge in [-0.3, -0.25) is 0 Å². The number of hydrogen-bond acceptors (Lipinski definition) is 6. The number of aliphatic hydroxyl groups excluding tert-OH is 1. The van der Waals surface area contributed by atoms with E-state index in [9.17, 15) is 14.7 Å². The van der Waals surface area contributed by atoms with Crippen LogP contribution in [0.25, 0.3) is 0 Å². The monoisotopic (exact) mass is 362 g/mol. The van der Waals surface area contributed by atoms with E-state index in [0.717, 1.165) is 0 Å². The van der Waals surface area contributed by atoms with E-state index in [2.05, 4.69) is 6.58 Å². The van der Waals surface area contributed by atoms with E-state index in [4.69, 9.17) is 14.2 Å². The number of aliphatic hydroxyl groups is 1. The van der Waals surface area contributed by atoms with Crippen LogP contribution in [-0.4, -0.2) is 47.1 Å².